The molecule has 0 bridgehead atoms. The maximum atomic E-state index is 10.9. The monoisotopic (exact) mass is 291 g/mol. The Labute approximate surface area is 118 Å². The molecule has 1 saturated heterocycles. The SMILES string of the molecule is CC(CC1CCCCCN1)NCCCNS(C)(=O)=O. The zero-order valence-corrected chi connectivity index (χ0v) is 13.1. The van der Waals surface area contributed by atoms with Gasteiger partial charge in [-0.3, -0.25) is 0 Å². The van der Waals surface area contributed by atoms with Crippen LogP contribution in [-0.2, 0) is 10.0 Å². The molecular formula is C13H29N3O2S. The highest BCUT2D eigenvalue weighted by molar-refractivity contribution is 7.88. The Hall–Kier alpha value is -0.170. The van der Waals surface area contributed by atoms with Crippen molar-refractivity contribution in [2.24, 2.45) is 0 Å². The summed E-state index contributed by atoms with van der Waals surface area (Å²) in [6, 6.07) is 1.12. The van der Waals surface area contributed by atoms with Gasteiger partial charge in [-0.05, 0) is 45.7 Å². The van der Waals surface area contributed by atoms with E-state index in [2.05, 4.69) is 22.3 Å². The molecule has 1 rings (SSSR count). The van der Waals surface area contributed by atoms with Crippen LogP contribution in [0.25, 0.3) is 0 Å². The largest absolute Gasteiger partial charge is 0.314 e. The average Bonchev–Trinajstić information content (AvgIpc) is 2.55. The maximum absolute atomic E-state index is 10.9. The van der Waals surface area contributed by atoms with Gasteiger partial charge >= 0.3 is 0 Å². The predicted molar refractivity (Wildman–Crippen MR) is 79.8 cm³/mol. The summed E-state index contributed by atoms with van der Waals surface area (Å²) in [4.78, 5) is 0. The first-order valence-corrected chi connectivity index (χ1v) is 9.28. The van der Waals surface area contributed by atoms with Gasteiger partial charge in [0.15, 0.2) is 0 Å². The second-order valence-electron chi connectivity index (χ2n) is 5.61. The second kappa shape index (κ2) is 8.89. The van der Waals surface area contributed by atoms with Gasteiger partial charge < -0.3 is 10.6 Å². The molecule has 1 heterocycles. The van der Waals surface area contributed by atoms with Crippen molar-refractivity contribution in [3.63, 3.8) is 0 Å². The van der Waals surface area contributed by atoms with E-state index in [1.165, 1.54) is 31.9 Å². The van der Waals surface area contributed by atoms with Gasteiger partial charge in [0.25, 0.3) is 0 Å². The van der Waals surface area contributed by atoms with Crippen molar-refractivity contribution < 1.29 is 8.42 Å². The van der Waals surface area contributed by atoms with Crippen LogP contribution in [0, 0.1) is 0 Å². The highest BCUT2D eigenvalue weighted by Gasteiger charge is 2.14. The lowest BCUT2D eigenvalue weighted by Crippen LogP contribution is -2.37. The number of nitrogens with one attached hydrogen (secondary N) is 3. The Bertz CT molecular complexity index is 325. The van der Waals surface area contributed by atoms with E-state index in [0.29, 0.717) is 18.6 Å². The van der Waals surface area contributed by atoms with Crippen LogP contribution in [0.2, 0.25) is 0 Å². The van der Waals surface area contributed by atoms with Crippen molar-refractivity contribution in [2.45, 2.75) is 57.5 Å². The number of sulfonamides is 1. The van der Waals surface area contributed by atoms with Crippen LogP contribution in [0.1, 0.15) is 45.4 Å². The quantitative estimate of drug-likeness (QED) is 0.579. The lowest BCUT2D eigenvalue weighted by atomic mass is 10.0. The average molecular weight is 291 g/mol. The maximum Gasteiger partial charge on any atom is 0.208 e. The third-order valence-corrected chi connectivity index (χ3v) is 4.24. The van der Waals surface area contributed by atoms with Gasteiger partial charge in [0.05, 0.1) is 6.26 Å². The van der Waals surface area contributed by atoms with Crippen molar-refractivity contribution in [3.05, 3.63) is 0 Å². The van der Waals surface area contributed by atoms with Crippen molar-refractivity contribution in [1.29, 1.82) is 0 Å². The Balaban J connectivity index is 2.05. The van der Waals surface area contributed by atoms with E-state index >= 15 is 0 Å². The summed E-state index contributed by atoms with van der Waals surface area (Å²) in [5, 5.41) is 7.06. The summed E-state index contributed by atoms with van der Waals surface area (Å²) in [7, 11) is -3.04. The molecule has 0 spiro atoms. The summed E-state index contributed by atoms with van der Waals surface area (Å²) in [6.45, 7) is 4.73. The molecule has 0 aliphatic carbocycles. The predicted octanol–water partition coefficient (Wildman–Crippen LogP) is 0.826. The molecule has 0 radical (unpaired) electrons. The third kappa shape index (κ3) is 9.38. The lowest BCUT2D eigenvalue weighted by molar-refractivity contribution is 0.402. The van der Waals surface area contributed by atoms with E-state index < -0.39 is 10.0 Å². The minimum absolute atomic E-state index is 0.480. The Morgan fingerprint density at radius 3 is 2.79 bits per heavy atom. The number of rotatable bonds is 8. The number of hydrogen-bond donors (Lipinski definition) is 3. The number of hydrogen-bond acceptors (Lipinski definition) is 4. The smallest absolute Gasteiger partial charge is 0.208 e. The van der Waals surface area contributed by atoms with E-state index in [4.69, 9.17) is 0 Å². The molecule has 19 heavy (non-hydrogen) atoms. The van der Waals surface area contributed by atoms with Crippen LogP contribution in [0.5, 0.6) is 0 Å². The second-order valence-corrected chi connectivity index (χ2v) is 7.44. The molecule has 3 N–H and O–H groups in total. The minimum Gasteiger partial charge on any atom is -0.314 e. The summed E-state index contributed by atoms with van der Waals surface area (Å²) in [5.74, 6) is 0. The van der Waals surface area contributed by atoms with Gasteiger partial charge in [0.1, 0.15) is 0 Å². The Kier molecular flexibility index (Phi) is 7.90. The lowest BCUT2D eigenvalue weighted by Gasteiger charge is -2.21. The van der Waals surface area contributed by atoms with Crippen molar-refractivity contribution in [2.75, 3.05) is 25.9 Å². The van der Waals surface area contributed by atoms with Crippen LogP contribution in [-0.4, -0.2) is 46.4 Å². The normalized spacial score (nSPS) is 22.9. The zero-order valence-electron chi connectivity index (χ0n) is 12.2. The molecule has 0 saturated carbocycles. The minimum atomic E-state index is -3.04. The molecular weight excluding hydrogens is 262 g/mol. The van der Waals surface area contributed by atoms with Gasteiger partial charge in [-0.15, -0.1) is 0 Å². The summed E-state index contributed by atoms with van der Waals surface area (Å²) in [5.41, 5.74) is 0. The molecule has 2 unspecified atom stereocenters. The zero-order chi connectivity index (χ0) is 14.1. The Morgan fingerprint density at radius 1 is 1.26 bits per heavy atom. The summed E-state index contributed by atoms with van der Waals surface area (Å²) in [6.07, 6.45) is 8.44. The van der Waals surface area contributed by atoms with E-state index in [-0.39, 0.29) is 0 Å². The molecule has 0 aromatic carbocycles. The van der Waals surface area contributed by atoms with Gasteiger partial charge in [0.2, 0.25) is 10.0 Å². The Morgan fingerprint density at radius 2 is 2.05 bits per heavy atom. The van der Waals surface area contributed by atoms with Crippen molar-refractivity contribution in [3.8, 4) is 0 Å². The molecule has 1 fully saturated rings. The van der Waals surface area contributed by atoms with Gasteiger partial charge in [-0.1, -0.05) is 12.8 Å². The first-order chi connectivity index (χ1) is 8.97. The molecule has 5 nitrogen and oxygen atoms in total. The summed E-state index contributed by atoms with van der Waals surface area (Å²) < 4.78 is 24.3. The van der Waals surface area contributed by atoms with E-state index in [9.17, 15) is 8.42 Å². The van der Waals surface area contributed by atoms with Crippen molar-refractivity contribution >= 4 is 10.0 Å². The van der Waals surface area contributed by atoms with Crippen LogP contribution in [0.4, 0.5) is 0 Å². The van der Waals surface area contributed by atoms with Crippen LogP contribution in [0.3, 0.4) is 0 Å². The van der Waals surface area contributed by atoms with E-state index in [1.807, 2.05) is 0 Å². The summed E-state index contributed by atoms with van der Waals surface area (Å²) >= 11 is 0. The van der Waals surface area contributed by atoms with E-state index in [0.717, 1.165) is 25.9 Å². The highest BCUT2D eigenvalue weighted by Crippen LogP contribution is 2.12. The fourth-order valence-electron chi connectivity index (χ4n) is 2.51. The molecule has 114 valence electrons. The molecule has 0 aromatic heterocycles. The van der Waals surface area contributed by atoms with Crippen LogP contribution < -0.4 is 15.4 Å². The molecule has 2 atom stereocenters. The van der Waals surface area contributed by atoms with E-state index in [1.54, 1.807) is 0 Å². The fraction of sp³-hybridized carbons (Fsp3) is 1.00. The standard InChI is InChI=1S/C13H29N3O2S/c1-12(11-13-7-4-3-5-8-15-13)14-9-6-10-16-19(2,17)18/h12-16H,3-11H2,1-2H3. The topological polar surface area (TPSA) is 70.2 Å². The van der Waals surface area contributed by atoms with Crippen LogP contribution in [0.15, 0.2) is 0 Å². The first kappa shape index (κ1) is 16.9. The molecule has 1 aliphatic heterocycles. The van der Waals surface area contributed by atoms with Gasteiger partial charge in [0, 0.05) is 18.6 Å². The highest BCUT2D eigenvalue weighted by atomic mass is 32.2. The third-order valence-electron chi connectivity index (χ3n) is 3.51. The molecule has 6 heteroatoms. The molecule has 0 amide bonds. The first-order valence-electron chi connectivity index (χ1n) is 7.39. The van der Waals surface area contributed by atoms with Crippen LogP contribution >= 0.6 is 0 Å². The fourth-order valence-corrected chi connectivity index (χ4v) is 3.02. The van der Waals surface area contributed by atoms with Crippen molar-refractivity contribution in [1.82, 2.24) is 15.4 Å². The molecule has 1 aliphatic rings. The molecule has 0 aromatic rings. The van der Waals surface area contributed by atoms with Gasteiger partial charge in [-0.2, -0.15) is 0 Å². The van der Waals surface area contributed by atoms with Gasteiger partial charge in [-0.25, -0.2) is 13.1 Å².